The summed E-state index contributed by atoms with van der Waals surface area (Å²) >= 11 is 1.31. The normalized spacial score (nSPS) is 21.3. The minimum absolute atomic E-state index is 0.0643. The molecule has 8 heteroatoms. The maximum atomic E-state index is 11.7. The maximum absolute atomic E-state index is 11.7. The van der Waals surface area contributed by atoms with Gasteiger partial charge in [0.2, 0.25) is 5.16 Å². The van der Waals surface area contributed by atoms with Gasteiger partial charge in [0.05, 0.1) is 7.11 Å². The van der Waals surface area contributed by atoms with Crippen molar-refractivity contribution in [2.45, 2.75) is 29.9 Å². The third-order valence-electron chi connectivity index (χ3n) is 3.13. The van der Waals surface area contributed by atoms with Crippen LogP contribution in [0.3, 0.4) is 0 Å². The summed E-state index contributed by atoms with van der Waals surface area (Å²) in [6, 6.07) is 7.43. The van der Waals surface area contributed by atoms with Gasteiger partial charge in [0.25, 0.3) is 0 Å². The smallest absolute Gasteiger partial charge is 0.319 e. The zero-order valence-corrected chi connectivity index (χ0v) is 12.4. The second-order valence-electron chi connectivity index (χ2n) is 4.63. The van der Waals surface area contributed by atoms with Crippen molar-refractivity contribution in [1.29, 1.82) is 0 Å². The molecule has 0 N–H and O–H groups in total. The zero-order valence-electron chi connectivity index (χ0n) is 11.6. The van der Waals surface area contributed by atoms with E-state index in [4.69, 9.17) is 9.47 Å². The predicted octanol–water partition coefficient (Wildman–Crippen LogP) is 1.47. The van der Waals surface area contributed by atoms with E-state index in [0.717, 1.165) is 5.69 Å². The lowest BCUT2D eigenvalue weighted by Gasteiger charge is -2.09. The summed E-state index contributed by atoms with van der Waals surface area (Å²) in [4.78, 5) is 11.7. The van der Waals surface area contributed by atoms with Gasteiger partial charge in [0.15, 0.2) is 0 Å². The molecular formula is C13H14N4O3S. The number of tetrazole rings is 1. The molecule has 1 aliphatic rings. The van der Waals surface area contributed by atoms with Gasteiger partial charge in [-0.05, 0) is 29.5 Å². The van der Waals surface area contributed by atoms with Crippen LogP contribution in [0.15, 0.2) is 29.4 Å². The number of ether oxygens (including phenoxy) is 2. The van der Waals surface area contributed by atoms with Gasteiger partial charge >= 0.3 is 5.97 Å². The molecule has 2 atom stereocenters. The lowest BCUT2D eigenvalue weighted by molar-refractivity contribution is -0.140. The van der Waals surface area contributed by atoms with Crippen LogP contribution in [0.5, 0.6) is 5.75 Å². The Bertz CT molecular complexity index is 660. The molecule has 0 spiro atoms. The van der Waals surface area contributed by atoms with Crippen LogP contribution < -0.4 is 4.74 Å². The Hall–Kier alpha value is -2.09. The van der Waals surface area contributed by atoms with E-state index < -0.39 is 0 Å². The van der Waals surface area contributed by atoms with Crippen molar-refractivity contribution in [3.05, 3.63) is 24.3 Å². The molecule has 1 aromatic carbocycles. The number of thioether (sulfide) groups is 1. The van der Waals surface area contributed by atoms with E-state index in [9.17, 15) is 4.79 Å². The molecular weight excluding hydrogens is 292 g/mol. The van der Waals surface area contributed by atoms with E-state index in [1.165, 1.54) is 11.8 Å². The summed E-state index contributed by atoms with van der Waals surface area (Å²) < 4.78 is 12.0. The number of carbonyl (C=O) groups excluding carboxylic acids is 1. The summed E-state index contributed by atoms with van der Waals surface area (Å²) in [5, 5.41) is 11.9. The molecule has 0 saturated carbocycles. The Balaban J connectivity index is 1.89. The molecule has 0 amide bonds. The fourth-order valence-corrected chi connectivity index (χ4v) is 3.24. The highest BCUT2D eigenvalue weighted by atomic mass is 32.2. The molecule has 3 rings (SSSR count). The van der Waals surface area contributed by atoms with Crippen LogP contribution in [0.25, 0.3) is 5.69 Å². The minimum Gasteiger partial charge on any atom is -0.494 e. The standard InChI is InChI=1S/C13H14N4O3S/c1-8-7-11(12(18)20-8)21-13-14-15-16-17(13)9-5-3-4-6-10(9)19-2/h3-6,8,11H,7H2,1-2H3/t8-,11+/m1/s1. The van der Waals surface area contributed by atoms with Crippen LogP contribution >= 0.6 is 11.8 Å². The first-order valence-corrected chi connectivity index (χ1v) is 7.36. The molecule has 110 valence electrons. The van der Waals surface area contributed by atoms with Crippen LogP contribution in [0, 0.1) is 0 Å². The fourth-order valence-electron chi connectivity index (χ4n) is 2.15. The highest BCUT2D eigenvalue weighted by Gasteiger charge is 2.34. The van der Waals surface area contributed by atoms with Crippen LogP contribution in [0.4, 0.5) is 0 Å². The van der Waals surface area contributed by atoms with Crippen LogP contribution in [-0.2, 0) is 9.53 Å². The monoisotopic (exact) mass is 306 g/mol. The van der Waals surface area contributed by atoms with E-state index in [1.54, 1.807) is 11.8 Å². The first kappa shape index (κ1) is 13.9. The van der Waals surface area contributed by atoms with Gasteiger partial charge in [0.1, 0.15) is 22.8 Å². The van der Waals surface area contributed by atoms with E-state index in [-0.39, 0.29) is 17.3 Å². The molecule has 1 fully saturated rings. The first-order chi connectivity index (χ1) is 10.2. The molecule has 0 aliphatic carbocycles. The number of para-hydroxylation sites is 2. The van der Waals surface area contributed by atoms with Gasteiger partial charge in [-0.2, -0.15) is 4.68 Å². The average molecular weight is 306 g/mol. The van der Waals surface area contributed by atoms with Gasteiger partial charge in [0, 0.05) is 6.42 Å². The van der Waals surface area contributed by atoms with Gasteiger partial charge in [-0.15, -0.1) is 5.10 Å². The number of methoxy groups -OCH3 is 1. The van der Waals surface area contributed by atoms with E-state index >= 15 is 0 Å². The topological polar surface area (TPSA) is 79.1 Å². The highest BCUT2D eigenvalue weighted by Crippen LogP contribution is 2.33. The summed E-state index contributed by atoms with van der Waals surface area (Å²) in [7, 11) is 1.59. The van der Waals surface area contributed by atoms with Gasteiger partial charge in [-0.1, -0.05) is 23.9 Å². The van der Waals surface area contributed by atoms with Crippen molar-refractivity contribution >= 4 is 17.7 Å². The lowest BCUT2D eigenvalue weighted by Crippen LogP contribution is -2.11. The number of benzene rings is 1. The summed E-state index contributed by atoms with van der Waals surface area (Å²) in [6.07, 6.45) is 0.591. The van der Waals surface area contributed by atoms with Gasteiger partial charge in [-0.25, -0.2) is 0 Å². The Kier molecular flexibility index (Phi) is 3.78. The molecule has 0 bridgehead atoms. The maximum Gasteiger partial charge on any atom is 0.319 e. The summed E-state index contributed by atoms with van der Waals surface area (Å²) in [6.45, 7) is 1.88. The largest absolute Gasteiger partial charge is 0.494 e. The number of hydrogen-bond donors (Lipinski definition) is 0. The van der Waals surface area contributed by atoms with Gasteiger partial charge < -0.3 is 9.47 Å². The highest BCUT2D eigenvalue weighted by molar-refractivity contribution is 8.00. The van der Waals surface area contributed by atoms with E-state index in [0.29, 0.717) is 17.3 Å². The third kappa shape index (κ3) is 2.71. The second kappa shape index (κ2) is 5.72. The Labute approximate surface area is 125 Å². The van der Waals surface area contributed by atoms with Crippen molar-refractivity contribution in [3.63, 3.8) is 0 Å². The third-order valence-corrected chi connectivity index (χ3v) is 4.26. The summed E-state index contributed by atoms with van der Waals surface area (Å²) in [5.41, 5.74) is 0.729. The molecule has 7 nitrogen and oxygen atoms in total. The second-order valence-corrected chi connectivity index (χ2v) is 5.80. The van der Waals surface area contributed by atoms with Crippen molar-refractivity contribution in [2.24, 2.45) is 0 Å². The van der Waals surface area contributed by atoms with Crippen LogP contribution in [-0.4, -0.2) is 44.6 Å². The molecule has 1 aliphatic heterocycles. The fraction of sp³-hybridized carbons (Fsp3) is 0.385. The quantitative estimate of drug-likeness (QED) is 0.791. The SMILES string of the molecule is COc1ccccc1-n1nnnc1S[C@H]1C[C@@H](C)OC1=O. The molecule has 0 radical (unpaired) electrons. The average Bonchev–Trinajstić information content (AvgIpc) is 3.06. The van der Waals surface area contributed by atoms with Crippen molar-refractivity contribution in [1.82, 2.24) is 20.2 Å². The van der Waals surface area contributed by atoms with Gasteiger partial charge in [-0.3, -0.25) is 4.79 Å². The lowest BCUT2D eigenvalue weighted by atomic mass is 10.3. The Morgan fingerprint density at radius 3 is 2.95 bits per heavy atom. The number of nitrogens with zero attached hydrogens (tertiary/aromatic N) is 4. The van der Waals surface area contributed by atoms with Crippen molar-refractivity contribution in [2.75, 3.05) is 7.11 Å². The predicted molar refractivity (Wildman–Crippen MR) is 75.5 cm³/mol. The Morgan fingerprint density at radius 1 is 1.43 bits per heavy atom. The number of rotatable bonds is 4. The molecule has 21 heavy (non-hydrogen) atoms. The minimum atomic E-state index is -0.278. The molecule has 2 aromatic rings. The number of cyclic esters (lactones) is 1. The molecule has 1 aromatic heterocycles. The molecule has 2 heterocycles. The number of esters is 1. The number of aromatic nitrogens is 4. The van der Waals surface area contributed by atoms with Crippen LogP contribution in [0.1, 0.15) is 13.3 Å². The van der Waals surface area contributed by atoms with E-state index in [1.807, 2.05) is 31.2 Å². The molecule has 1 saturated heterocycles. The summed E-state index contributed by atoms with van der Waals surface area (Å²) in [5.74, 6) is 0.441. The number of hydrogen-bond acceptors (Lipinski definition) is 7. The zero-order chi connectivity index (χ0) is 14.8. The van der Waals surface area contributed by atoms with Crippen molar-refractivity contribution in [3.8, 4) is 11.4 Å². The molecule has 0 unspecified atom stereocenters. The number of carbonyl (C=O) groups is 1. The first-order valence-electron chi connectivity index (χ1n) is 6.48. The van der Waals surface area contributed by atoms with Crippen molar-refractivity contribution < 1.29 is 14.3 Å². The van der Waals surface area contributed by atoms with Crippen LogP contribution in [0.2, 0.25) is 0 Å². The Morgan fingerprint density at radius 2 is 2.24 bits per heavy atom. The van der Waals surface area contributed by atoms with E-state index in [2.05, 4.69) is 15.5 Å².